The van der Waals surface area contributed by atoms with Gasteiger partial charge in [-0.15, -0.1) is 0 Å². The minimum atomic E-state index is -0.986. The SMILES string of the molecule is COc1ccc(C[C@H](NC(=O)[C@@H]2C[C@H](NC(=O)c3cccn3C)CN2C(=O)c2cccn2C)C(N)=O)cc1. The van der Waals surface area contributed by atoms with E-state index in [1.807, 2.05) is 0 Å². The number of benzene rings is 1. The predicted octanol–water partition coefficient (Wildman–Crippen LogP) is 0.598. The van der Waals surface area contributed by atoms with E-state index in [4.69, 9.17) is 10.5 Å². The van der Waals surface area contributed by atoms with E-state index < -0.39 is 29.9 Å². The molecule has 11 nitrogen and oxygen atoms in total. The lowest BCUT2D eigenvalue weighted by Crippen LogP contribution is -2.53. The number of hydrogen-bond acceptors (Lipinski definition) is 5. The van der Waals surface area contributed by atoms with Gasteiger partial charge in [0, 0.05) is 45.5 Å². The van der Waals surface area contributed by atoms with Gasteiger partial charge >= 0.3 is 0 Å². The van der Waals surface area contributed by atoms with E-state index in [2.05, 4.69) is 10.6 Å². The summed E-state index contributed by atoms with van der Waals surface area (Å²) in [5.74, 6) is -1.19. The molecule has 3 heterocycles. The molecule has 0 unspecified atom stereocenters. The zero-order valence-electron chi connectivity index (χ0n) is 21.6. The highest BCUT2D eigenvalue weighted by molar-refractivity contribution is 5.98. The fourth-order valence-corrected chi connectivity index (χ4v) is 4.69. The summed E-state index contributed by atoms with van der Waals surface area (Å²) < 4.78 is 8.52. The summed E-state index contributed by atoms with van der Waals surface area (Å²) in [6.07, 6.45) is 3.87. The Labute approximate surface area is 220 Å². The van der Waals surface area contributed by atoms with Gasteiger partial charge in [0.2, 0.25) is 11.8 Å². The van der Waals surface area contributed by atoms with Crippen molar-refractivity contribution in [1.82, 2.24) is 24.7 Å². The van der Waals surface area contributed by atoms with Crippen LogP contribution in [-0.4, -0.2) is 69.4 Å². The number of rotatable bonds is 9. The molecular weight excluding hydrogens is 488 g/mol. The number of amides is 4. The smallest absolute Gasteiger partial charge is 0.271 e. The number of ether oxygens (including phenoxy) is 1. The van der Waals surface area contributed by atoms with Gasteiger partial charge in [0.05, 0.1) is 7.11 Å². The standard InChI is InChI=1S/C27H32N6O5/c1-31-12-4-6-21(31)25(35)29-18-15-23(33(16-18)27(37)22-7-5-13-32(22)2)26(36)30-20(24(28)34)14-17-8-10-19(38-3)11-9-17/h4-13,18,20,23H,14-16H2,1-3H3,(H2,28,34)(H,29,35)(H,30,36)/t18-,20-,23-/m0/s1. The quantitative estimate of drug-likeness (QED) is 0.379. The number of carbonyl (C=O) groups is 4. The van der Waals surface area contributed by atoms with Crippen molar-refractivity contribution in [2.45, 2.75) is 31.0 Å². The van der Waals surface area contributed by atoms with E-state index in [1.165, 1.54) is 4.90 Å². The lowest BCUT2D eigenvalue weighted by Gasteiger charge is -2.26. The number of nitrogens with zero attached hydrogens (tertiary/aromatic N) is 3. The Morgan fingerprint density at radius 1 is 1.00 bits per heavy atom. The molecule has 0 radical (unpaired) electrons. The maximum absolute atomic E-state index is 13.5. The van der Waals surface area contributed by atoms with Gasteiger partial charge in [-0.05, 0) is 48.4 Å². The number of likely N-dealkylation sites (tertiary alicyclic amines) is 1. The minimum absolute atomic E-state index is 0.137. The Morgan fingerprint density at radius 2 is 1.63 bits per heavy atom. The Balaban J connectivity index is 1.52. The van der Waals surface area contributed by atoms with Crippen LogP contribution in [0, 0.1) is 0 Å². The molecule has 1 fully saturated rings. The summed E-state index contributed by atoms with van der Waals surface area (Å²) in [7, 11) is 5.06. The first-order valence-electron chi connectivity index (χ1n) is 12.2. The fraction of sp³-hybridized carbons (Fsp3) is 0.333. The molecule has 1 aliphatic rings. The minimum Gasteiger partial charge on any atom is -0.497 e. The lowest BCUT2D eigenvalue weighted by molar-refractivity contribution is -0.129. The van der Waals surface area contributed by atoms with Crippen LogP contribution in [0.3, 0.4) is 0 Å². The third-order valence-corrected chi connectivity index (χ3v) is 6.80. The van der Waals surface area contributed by atoms with Gasteiger partial charge in [0.1, 0.15) is 29.2 Å². The van der Waals surface area contributed by atoms with Crippen molar-refractivity contribution in [3.63, 3.8) is 0 Å². The summed E-state index contributed by atoms with van der Waals surface area (Å²) in [5.41, 5.74) is 7.27. The number of methoxy groups -OCH3 is 1. The van der Waals surface area contributed by atoms with Crippen molar-refractivity contribution < 1.29 is 23.9 Å². The Kier molecular flexibility index (Phi) is 7.85. The summed E-state index contributed by atoms with van der Waals surface area (Å²) in [4.78, 5) is 53.4. The molecule has 200 valence electrons. The van der Waals surface area contributed by atoms with Gasteiger partial charge in [-0.2, -0.15) is 0 Å². The van der Waals surface area contributed by atoms with Gasteiger partial charge in [0.15, 0.2) is 0 Å². The molecule has 1 aromatic carbocycles. The van der Waals surface area contributed by atoms with E-state index in [-0.39, 0.29) is 31.2 Å². The van der Waals surface area contributed by atoms with Crippen molar-refractivity contribution in [3.8, 4) is 5.75 Å². The maximum atomic E-state index is 13.5. The lowest BCUT2D eigenvalue weighted by atomic mass is 10.0. The number of primary amides is 1. The number of nitrogens with two attached hydrogens (primary N) is 1. The Bertz CT molecular complexity index is 1330. The highest BCUT2D eigenvalue weighted by Gasteiger charge is 2.42. The molecule has 0 aliphatic carbocycles. The number of nitrogens with one attached hydrogen (secondary N) is 2. The number of carbonyl (C=O) groups excluding carboxylic acids is 4. The second-order valence-corrected chi connectivity index (χ2v) is 9.40. The average Bonchev–Trinajstić information content (AvgIpc) is 3.63. The predicted molar refractivity (Wildman–Crippen MR) is 139 cm³/mol. The molecule has 4 N–H and O–H groups in total. The highest BCUT2D eigenvalue weighted by atomic mass is 16.5. The van der Waals surface area contributed by atoms with Crippen LogP contribution in [-0.2, 0) is 30.1 Å². The molecule has 0 spiro atoms. The second-order valence-electron chi connectivity index (χ2n) is 9.40. The van der Waals surface area contributed by atoms with E-state index in [0.29, 0.717) is 17.1 Å². The first-order chi connectivity index (χ1) is 18.2. The monoisotopic (exact) mass is 520 g/mol. The van der Waals surface area contributed by atoms with Crippen LogP contribution in [0.5, 0.6) is 5.75 Å². The summed E-state index contributed by atoms with van der Waals surface area (Å²) in [6.45, 7) is 0.137. The molecular formula is C27H32N6O5. The Morgan fingerprint density at radius 3 is 2.18 bits per heavy atom. The van der Waals surface area contributed by atoms with Crippen molar-refractivity contribution in [3.05, 3.63) is 77.9 Å². The van der Waals surface area contributed by atoms with Crippen LogP contribution < -0.4 is 21.1 Å². The van der Waals surface area contributed by atoms with Crippen molar-refractivity contribution >= 4 is 23.6 Å². The zero-order chi connectivity index (χ0) is 27.4. The van der Waals surface area contributed by atoms with Crippen LogP contribution in [0.4, 0.5) is 0 Å². The van der Waals surface area contributed by atoms with Crippen LogP contribution in [0.1, 0.15) is 33.0 Å². The number of aryl methyl sites for hydroxylation is 2. The molecule has 1 aliphatic heterocycles. The van der Waals surface area contributed by atoms with Gasteiger partial charge < -0.3 is 35.1 Å². The molecule has 0 saturated carbocycles. The van der Waals surface area contributed by atoms with E-state index in [1.54, 1.807) is 91.3 Å². The van der Waals surface area contributed by atoms with Gasteiger partial charge in [-0.3, -0.25) is 19.2 Å². The first kappa shape index (κ1) is 26.5. The normalized spacial score (nSPS) is 17.6. The summed E-state index contributed by atoms with van der Waals surface area (Å²) in [6, 6.07) is 11.6. The molecule has 2 aromatic heterocycles. The molecule has 38 heavy (non-hydrogen) atoms. The molecule has 3 atom stereocenters. The van der Waals surface area contributed by atoms with Gasteiger partial charge in [-0.25, -0.2) is 0 Å². The number of hydrogen-bond donors (Lipinski definition) is 3. The third kappa shape index (κ3) is 5.72. The van der Waals surface area contributed by atoms with Gasteiger partial charge in [0.25, 0.3) is 11.8 Å². The summed E-state index contributed by atoms with van der Waals surface area (Å²) in [5, 5.41) is 5.66. The molecule has 1 saturated heterocycles. The van der Waals surface area contributed by atoms with Crippen LogP contribution in [0.2, 0.25) is 0 Å². The molecule has 4 rings (SSSR count). The Hall–Kier alpha value is -4.54. The molecule has 11 heteroatoms. The van der Waals surface area contributed by atoms with Crippen molar-refractivity contribution in [2.24, 2.45) is 19.8 Å². The van der Waals surface area contributed by atoms with E-state index in [0.717, 1.165) is 5.56 Å². The molecule has 4 amide bonds. The second kappa shape index (κ2) is 11.2. The molecule has 0 bridgehead atoms. The largest absolute Gasteiger partial charge is 0.497 e. The molecule has 3 aromatic rings. The van der Waals surface area contributed by atoms with Crippen LogP contribution in [0.15, 0.2) is 60.9 Å². The first-order valence-corrected chi connectivity index (χ1v) is 12.2. The van der Waals surface area contributed by atoms with Crippen LogP contribution >= 0.6 is 0 Å². The third-order valence-electron chi connectivity index (χ3n) is 6.80. The highest BCUT2D eigenvalue weighted by Crippen LogP contribution is 2.22. The van der Waals surface area contributed by atoms with Gasteiger partial charge in [-0.1, -0.05) is 12.1 Å². The van der Waals surface area contributed by atoms with Crippen molar-refractivity contribution in [1.29, 1.82) is 0 Å². The maximum Gasteiger partial charge on any atom is 0.271 e. The summed E-state index contributed by atoms with van der Waals surface area (Å²) >= 11 is 0. The average molecular weight is 521 g/mol. The zero-order valence-corrected chi connectivity index (χ0v) is 21.6. The van der Waals surface area contributed by atoms with E-state index >= 15 is 0 Å². The number of aromatic nitrogens is 2. The van der Waals surface area contributed by atoms with Crippen LogP contribution in [0.25, 0.3) is 0 Å². The van der Waals surface area contributed by atoms with Crippen molar-refractivity contribution in [2.75, 3.05) is 13.7 Å². The fourth-order valence-electron chi connectivity index (χ4n) is 4.69. The topological polar surface area (TPSA) is 141 Å². The van der Waals surface area contributed by atoms with E-state index in [9.17, 15) is 19.2 Å².